The fraction of sp³-hybridized carbons (Fsp3) is 0.857. The smallest absolute Gasteiger partial charge is 0.242 e. The minimum atomic E-state index is 0.119. The fourth-order valence-corrected chi connectivity index (χ4v) is 2.98. The minimum Gasteiger partial charge on any atom is -0.341 e. The third-order valence-electron chi connectivity index (χ3n) is 4.13. The van der Waals surface area contributed by atoms with Gasteiger partial charge in [-0.25, -0.2) is 0 Å². The zero-order chi connectivity index (χ0) is 13.7. The molecule has 2 amide bonds. The number of hydrogen-bond acceptors (Lipinski definition) is 3. The van der Waals surface area contributed by atoms with Gasteiger partial charge in [-0.3, -0.25) is 9.59 Å². The van der Waals surface area contributed by atoms with Crippen molar-refractivity contribution in [2.75, 3.05) is 39.8 Å². The van der Waals surface area contributed by atoms with E-state index in [0.29, 0.717) is 12.3 Å². The van der Waals surface area contributed by atoms with E-state index in [9.17, 15) is 9.59 Å². The number of rotatable bonds is 4. The molecule has 2 fully saturated rings. The quantitative estimate of drug-likeness (QED) is 0.805. The molecule has 0 aromatic rings. The van der Waals surface area contributed by atoms with E-state index in [4.69, 9.17) is 0 Å². The number of carbonyl (C=O) groups is 2. The Bertz CT molecular complexity index is 333. The van der Waals surface area contributed by atoms with Gasteiger partial charge in [0.05, 0.1) is 6.54 Å². The second-order valence-corrected chi connectivity index (χ2v) is 5.68. The standard InChI is InChI=1S/C14H25N3O2/c1-15-9-12-6-8-17(10-12)14(19)11-16-7-4-2-3-5-13(16)18/h12,15H,2-11H2,1H3. The van der Waals surface area contributed by atoms with Gasteiger partial charge in [0.25, 0.3) is 0 Å². The summed E-state index contributed by atoms with van der Waals surface area (Å²) in [7, 11) is 1.94. The maximum atomic E-state index is 12.2. The molecule has 2 saturated heterocycles. The molecule has 0 saturated carbocycles. The summed E-state index contributed by atoms with van der Waals surface area (Å²) in [6.07, 6.45) is 4.78. The van der Waals surface area contributed by atoms with Gasteiger partial charge in [0.1, 0.15) is 0 Å². The van der Waals surface area contributed by atoms with Gasteiger partial charge in [0, 0.05) is 26.1 Å². The topological polar surface area (TPSA) is 52.7 Å². The van der Waals surface area contributed by atoms with Crippen LogP contribution in [0.15, 0.2) is 0 Å². The number of likely N-dealkylation sites (tertiary alicyclic amines) is 2. The number of nitrogens with one attached hydrogen (secondary N) is 1. The highest BCUT2D eigenvalue weighted by atomic mass is 16.2. The van der Waals surface area contributed by atoms with Crippen LogP contribution in [0.3, 0.4) is 0 Å². The molecule has 0 aromatic heterocycles. The third kappa shape index (κ3) is 3.93. The molecule has 1 unspecified atom stereocenters. The molecule has 0 aliphatic carbocycles. The summed E-state index contributed by atoms with van der Waals surface area (Å²) in [5, 5.41) is 3.16. The lowest BCUT2D eigenvalue weighted by atomic mass is 10.1. The van der Waals surface area contributed by atoms with Gasteiger partial charge in [0.2, 0.25) is 11.8 Å². The Morgan fingerprint density at radius 2 is 2.16 bits per heavy atom. The summed E-state index contributed by atoms with van der Waals surface area (Å²) < 4.78 is 0. The number of hydrogen-bond donors (Lipinski definition) is 1. The summed E-state index contributed by atoms with van der Waals surface area (Å²) in [4.78, 5) is 27.8. The maximum Gasteiger partial charge on any atom is 0.242 e. The van der Waals surface area contributed by atoms with Crippen LogP contribution in [0.1, 0.15) is 32.1 Å². The van der Waals surface area contributed by atoms with Gasteiger partial charge in [-0.2, -0.15) is 0 Å². The van der Waals surface area contributed by atoms with Crippen LogP contribution < -0.4 is 5.32 Å². The highest BCUT2D eigenvalue weighted by molar-refractivity contribution is 5.85. The first-order chi connectivity index (χ1) is 9.20. The highest BCUT2D eigenvalue weighted by Crippen LogP contribution is 2.17. The first-order valence-corrected chi connectivity index (χ1v) is 7.41. The summed E-state index contributed by atoms with van der Waals surface area (Å²) in [6.45, 7) is 3.67. The lowest BCUT2D eigenvalue weighted by Gasteiger charge is -2.24. The van der Waals surface area contributed by atoms with Crippen LogP contribution in [0.4, 0.5) is 0 Å². The second kappa shape index (κ2) is 6.89. The van der Waals surface area contributed by atoms with E-state index >= 15 is 0 Å². The Morgan fingerprint density at radius 1 is 1.32 bits per heavy atom. The van der Waals surface area contributed by atoms with E-state index in [1.54, 1.807) is 4.90 Å². The van der Waals surface area contributed by atoms with Crippen molar-refractivity contribution in [2.24, 2.45) is 5.92 Å². The zero-order valence-electron chi connectivity index (χ0n) is 11.9. The fourth-order valence-electron chi connectivity index (χ4n) is 2.98. The van der Waals surface area contributed by atoms with Gasteiger partial charge >= 0.3 is 0 Å². The molecule has 5 heteroatoms. The Labute approximate surface area is 115 Å². The molecule has 108 valence electrons. The van der Waals surface area contributed by atoms with Crippen LogP contribution in [-0.2, 0) is 9.59 Å². The number of carbonyl (C=O) groups excluding carboxylic acids is 2. The van der Waals surface area contributed by atoms with Gasteiger partial charge in [-0.05, 0) is 38.8 Å². The summed E-state index contributed by atoms with van der Waals surface area (Å²) in [5.74, 6) is 0.833. The summed E-state index contributed by atoms with van der Waals surface area (Å²) >= 11 is 0. The second-order valence-electron chi connectivity index (χ2n) is 5.68. The first-order valence-electron chi connectivity index (χ1n) is 7.41. The van der Waals surface area contributed by atoms with Crippen molar-refractivity contribution in [3.05, 3.63) is 0 Å². The van der Waals surface area contributed by atoms with Crippen molar-refractivity contribution < 1.29 is 9.59 Å². The normalized spacial score (nSPS) is 24.7. The molecular weight excluding hydrogens is 242 g/mol. The molecule has 1 N–H and O–H groups in total. The predicted molar refractivity (Wildman–Crippen MR) is 73.7 cm³/mol. The van der Waals surface area contributed by atoms with E-state index < -0.39 is 0 Å². The van der Waals surface area contributed by atoms with Crippen LogP contribution in [0.25, 0.3) is 0 Å². The molecule has 2 aliphatic heterocycles. The van der Waals surface area contributed by atoms with Gasteiger partial charge in [-0.1, -0.05) is 6.42 Å². The molecule has 2 rings (SSSR count). The highest BCUT2D eigenvalue weighted by Gasteiger charge is 2.28. The maximum absolute atomic E-state index is 12.2. The molecule has 0 radical (unpaired) electrons. The first kappa shape index (κ1) is 14.3. The zero-order valence-corrected chi connectivity index (χ0v) is 11.9. The van der Waals surface area contributed by atoms with Crippen molar-refractivity contribution in [3.63, 3.8) is 0 Å². The summed E-state index contributed by atoms with van der Waals surface area (Å²) in [5.41, 5.74) is 0. The van der Waals surface area contributed by atoms with Crippen LogP contribution in [0.2, 0.25) is 0 Å². The van der Waals surface area contributed by atoms with E-state index in [1.165, 1.54) is 0 Å². The Morgan fingerprint density at radius 3 is 2.95 bits per heavy atom. The molecule has 5 nitrogen and oxygen atoms in total. The molecule has 1 atom stereocenters. The van der Waals surface area contributed by atoms with E-state index in [2.05, 4.69) is 5.32 Å². The molecular formula is C14H25N3O2. The van der Waals surface area contributed by atoms with Gasteiger partial charge in [-0.15, -0.1) is 0 Å². The Balaban J connectivity index is 1.82. The number of amides is 2. The van der Waals surface area contributed by atoms with Gasteiger partial charge < -0.3 is 15.1 Å². The van der Waals surface area contributed by atoms with E-state index in [0.717, 1.165) is 51.9 Å². The van der Waals surface area contributed by atoms with Crippen LogP contribution in [0.5, 0.6) is 0 Å². The molecule has 0 bridgehead atoms. The Hall–Kier alpha value is -1.10. The van der Waals surface area contributed by atoms with Crippen molar-refractivity contribution in [1.29, 1.82) is 0 Å². The van der Waals surface area contributed by atoms with E-state index in [1.807, 2.05) is 11.9 Å². The van der Waals surface area contributed by atoms with Crippen molar-refractivity contribution in [1.82, 2.24) is 15.1 Å². The van der Waals surface area contributed by atoms with Crippen LogP contribution in [0, 0.1) is 5.92 Å². The van der Waals surface area contributed by atoms with Crippen LogP contribution >= 0.6 is 0 Å². The van der Waals surface area contributed by atoms with Crippen molar-refractivity contribution in [3.8, 4) is 0 Å². The molecule has 0 spiro atoms. The SMILES string of the molecule is CNCC1CCN(C(=O)CN2CCCCCC2=O)C1. The third-order valence-corrected chi connectivity index (χ3v) is 4.13. The molecule has 0 aromatic carbocycles. The Kier molecular flexibility index (Phi) is 5.19. The monoisotopic (exact) mass is 267 g/mol. The largest absolute Gasteiger partial charge is 0.341 e. The lowest BCUT2D eigenvalue weighted by molar-refractivity contribution is -0.139. The molecule has 19 heavy (non-hydrogen) atoms. The van der Waals surface area contributed by atoms with Crippen LogP contribution in [-0.4, -0.2) is 61.4 Å². The average molecular weight is 267 g/mol. The van der Waals surface area contributed by atoms with E-state index in [-0.39, 0.29) is 18.4 Å². The van der Waals surface area contributed by atoms with Crippen molar-refractivity contribution >= 4 is 11.8 Å². The molecule has 2 aliphatic rings. The average Bonchev–Trinajstić information content (AvgIpc) is 2.77. The minimum absolute atomic E-state index is 0.119. The molecule has 2 heterocycles. The number of nitrogens with zero attached hydrogens (tertiary/aromatic N) is 2. The lowest BCUT2D eigenvalue weighted by Crippen LogP contribution is -2.42. The van der Waals surface area contributed by atoms with Crippen molar-refractivity contribution in [2.45, 2.75) is 32.1 Å². The van der Waals surface area contributed by atoms with Gasteiger partial charge in [0.15, 0.2) is 0 Å². The summed E-state index contributed by atoms with van der Waals surface area (Å²) in [6, 6.07) is 0. The predicted octanol–water partition coefficient (Wildman–Crippen LogP) is 0.457.